The van der Waals surface area contributed by atoms with Crippen LogP contribution in [0.5, 0.6) is 0 Å². The van der Waals surface area contributed by atoms with Crippen molar-refractivity contribution in [3.8, 4) is 0 Å². The lowest BCUT2D eigenvalue weighted by Gasteiger charge is -2.49. The van der Waals surface area contributed by atoms with Crippen molar-refractivity contribution in [1.82, 2.24) is 0 Å². The van der Waals surface area contributed by atoms with E-state index < -0.39 is 0 Å². The molecule has 1 aliphatic heterocycles. The zero-order chi connectivity index (χ0) is 12.6. The van der Waals surface area contributed by atoms with Crippen LogP contribution in [0.2, 0.25) is 5.02 Å². The molecule has 1 aromatic carbocycles. The quantitative estimate of drug-likeness (QED) is 0.892. The summed E-state index contributed by atoms with van der Waals surface area (Å²) in [5.41, 5.74) is 7.62. The number of halogens is 1. The maximum Gasteiger partial charge on any atom is 0.0588 e. The van der Waals surface area contributed by atoms with Gasteiger partial charge in [-0.25, -0.2) is 0 Å². The van der Waals surface area contributed by atoms with Crippen LogP contribution >= 0.6 is 11.6 Å². The van der Waals surface area contributed by atoms with E-state index in [0.29, 0.717) is 12.0 Å². The molecule has 1 aliphatic carbocycles. The van der Waals surface area contributed by atoms with E-state index >= 15 is 0 Å². The van der Waals surface area contributed by atoms with E-state index in [0.717, 1.165) is 31.1 Å². The van der Waals surface area contributed by atoms with Gasteiger partial charge in [-0.05, 0) is 49.3 Å². The zero-order valence-corrected chi connectivity index (χ0v) is 11.3. The standard InChI is InChI=1S/C15H20ClNO/c16-13-5-1-11(2-6-13)15(9-18-10-15)12-3-7-14(17)8-4-12/h1-2,5-6,12,14H,3-4,7-10,17H2. The molecule has 3 rings (SSSR count). The predicted octanol–water partition coefficient (Wildman–Crippen LogP) is 3.13. The van der Waals surface area contributed by atoms with Gasteiger partial charge in [0.1, 0.15) is 0 Å². The highest BCUT2D eigenvalue weighted by Gasteiger charge is 2.47. The van der Waals surface area contributed by atoms with Gasteiger partial charge in [0.15, 0.2) is 0 Å². The Morgan fingerprint density at radius 3 is 2.17 bits per heavy atom. The fourth-order valence-corrected chi connectivity index (χ4v) is 3.54. The molecule has 0 atom stereocenters. The number of hydrogen-bond donors (Lipinski definition) is 1. The average molecular weight is 266 g/mol. The third-order valence-corrected chi connectivity index (χ3v) is 4.94. The van der Waals surface area contributed by atoms with Crippen LogP contribution in [-0.2, 0) is 10.2 Å². The minimum atomic E-state index is 0.227. The molecule has 2 N–H and O–H groups in total. The topological polar surface area (TPSA) is 35.2 Å². The Hall–Kier alpha value is -0.570. The summed E-state index contributed by atoms with van der Waals surface area (Å²) in [6, 6.07) is 8.72. The first-order chi connectivity index (χ1) is 8.71. The van der Waals surface area contributed by atoms with E-state index in [1.54, 1.807) is 0 Å². The van der Waals surface area contributed by atoms with Crippen LogP contribution in [0, 0.1) is 5.92 Å². The van der Waals surface area contributed by atoms with Crippen LogP contribution in [0.1, 0.15) is 31.2 Å². The predicted molar refractivity (Wildman–Crippen MR) is 73.9 cm³/mol. The second-order valence-corrected chi connectivity index (χ2v) is 6.20. The van der Waals surface area contributed by atoms with Gasteiger partial charge in [-0.3, -0.25) is 0 Å². The Morgan fingerprint density at radius 1 is 1.06 bits per heavy atom. The molecular formula is C15H20ClNO. The van der Waals surface area contributed by atoms with Gasteiger partial charge in [0.2, 0.25) is 0 Å². The van der Waals surface area contributed by atoms with E-state index in [2.05, 4.69) is 12.1 Å². The normalized spacial score (nSPS) is 30.8. The highest BCUT2D eigenvalue weighted by molar-refractivity contribution is 6.30. The molecule has 0 aromatic heterocycles. The summed E-state index contributed by atoms with van der Waals surface area (Å²) < 4.78 is 5.54. The number of ether oxygens (including phenoxy) is 1. The average Bonchev–Trinajstić information content (AvgIpc) is 2.32. The molecule has 98 valence electrons. The Balaban J connectivity index is 1.83. The van der Waals surface area contributed by atoms with Gasteiger partial charge < -0.3 is 10.5 Å². The Kier molecular flexibility index (Phi) is 3.35. The van der Waals surface area contributed by atoms with Crippen LogP contribution in [-0.4, -0.2) is 19.3 Å². The largest absolute Gasteiger partial charge is 0.379 e. The second-order valence-electron chi connectivity index (χ2n) is 5.77. The summed E-state index contributed by atoms with van der Waals surface area (Å²) in [5.74, 6) is 0.715. The molecule has 0 amide bonds. The molecule has 2 nitrogen and oxygen atoms in total. The first-order valence-corrected chi connectivity index (χ1v) is 7.18. The van der Waals surface area contributed by atoms with Crippen LogP contribution in [0.15, 0.2) is 24.3 Å². The smallest absolute Gasteiger partial charge is 0.0588 e. The number of hydrogen-bond acceptors (Lipinski definition) is 2. The molecule has 0 radical (unpaired) electrons. The van der Waals surface area contributed by atoms with Crippen LogP contribution in [0.3, 0.4) is 0 Å². The van der Waals surface area contributed by atoms with Gasteiger partial charge in [-0.1, -0.05) is 23.7 Å². The van der Waals surface area contributed by atoms with Crippen molar-refractivity contribution < 1.29 is 4.74 Å². The summed E-state index contributed by atoms with van der Waals surface area (Å²) in [5, 5.41) is 0.805. The van der Waals surface area contributed by atoms with Gasteiger partial charge in [0, 0.05) is 16.5 Å². The number of rotatable bonds is 2. The van der Waals surface area contributed by atoms with Crippen molar-refractivity contribution in [2.75, 3.05) is 13.2 Å². The Labute approximate surface area is 113 Å². The fourth-order valence-electron chi connectivity index (χ4n) is 3.41. The molecule has 1 saturated carbocycles. The van der Waals surface area contributed by atoms with Crippen molar-refractivity contribution in [2.24, 2.45) is 11.7 Å². The maximum absolute atomic E-state index is 6.01. The Bertz CT molecular complexity index is 405. The lowest BCUT2D eigenvalue weighted by Crippen LogP contribution is -2.53. The monoisotopic (exact) mass is 265 g/mol. The minimum absolute atomic E-state index is 0.227. The number of benzene rings is 1. The second kappa shape index (κ2) is 4.84. The van der Waals surface area contributed by atoms with Crippen LogP contribution < -0.4 is 5.73 Å². The van der Waals surface area contributed by atoms with Gasteiger partial charge in [-0.2, -0.15) is 0 Å². The molecule has 1 aromatic rings. The van der Waals surface area contributed by atoms with Crippen molar-refractivity contribution in [3.63, 3.8) is 0 Å². The SMILES string of the molecule is NC1CCC(C2(c3ccc(Cl)cc3)COC2)CC1. The third-order valence-electron chi connectivity index (χ3n) is 4.69. The van der Waals surface area contributed by atoms with Crippen LogP contribution in [0.4, 0.5) is 0 Å². The molecular weight excluding hydrogens is 246 g/mol. The van der Waals surface area contributed by atoms with Gasteiger partial charge >= 0.3 is 0 Å². The van der Waals surface area contributed by atoms with Gasteiger partial charge in [0.25, 0.3) is 0 Å². The highest BCUT2D eigenvalue weighted by atomic mass is 35.5. The molecule has 0 unspecified atom stereocenters. The van der Waals surface area contributed by atoms with Crippen LogP contribution in [0.25, 0.3) is 0 Å². The van der Waals surface area contributed by atoms with Crippen molar-refractivity contribution in [3.05, 3.63) is 34.9 Å². The van der Waals surface area contributed by atoms with E-state index in [-0.39, 0.29) is 5.41 Å². The minimum Gasteiger partial charge on any atom is -0.379 e. The molecule has 18 heavy (non-hydrogen) atoms. The lowest BCUT2D eigenvalue weighted by molar-refractivity contribution is -0.0984. The lowest BCUT2D eigenvalue weighted by atomic mass is 9.63. The maximum atomic E-state index is 6.01. The first-order valence-electron chi connectivity index (χ1n) is 6.80. The van der Waals surface area contributed by atoms with E-state index in [4.69, 9.17) is 22.1 Å². The van der Waals surface area contributed by atoms with Crippen molar-refractivity contribution in [1.29, 1.82) is 0 Å². The van der Waals surface area contributed by atoms with Gasteiger partial charge in [-0.15, -0.1) is 0 Å². The molecule has 2 fully saturated rings. The summed E-state index contributed by atoms with van der Waals surface area (Å²) in [4.78, 5) is 0. The molecule has 0 spiro atoms. The number of nitrogens with two attached hydrogens (primary N) is 1. The summed E-state index contributed by atoms with van der Waals surface area (Å²) >= 11 is 5.98. The fraction of sp³-hybridized carbons (Fsp3) is 0.600. The van der Waals surface area contributed by atoms with Crippen molar-refractivity contribution >= 4 is 11.6 Å². The summed E-state index contributed by atoms with van der Waals surface area (Å²) in [7, 11) is 0. The zero-order valence-electron chi connectivity index (χ0n) is 10.6. The van der Waals surface area contributed by atoms with E-state index in [1.165, 1.54) is 18.4 Å². The van der Waals surface area contributed by atoms with Crippen molar-refractivity contribution in [2.45, 2.75) is 37.1 Å². The van der Waals surface area contributed by atoms with E-state index in [9.17, 15) is 0 Å². The Morgan fingerprint density at radius 2 is 1.67 bits per heavy atom. The van der Waals surface area contributed by atoms with Gasteiger partial charge in [0.05, 0.1) is 13.2 Å². The summed E-state index contributed by atoms with van der Waals surface area (Å²) in [6.45, 7) is 1.71. The molecule has 2 aliphatic rings. The molecule has 0 bridgehead atoms. The molecule has 1 heterocycles. The first kappa shape index (κ1) is 12.5. The highest BCUT2D eigenvalue weighted by Crippen LogP contribution is 2.45. The molecule has 1 saturated heterocycles. The molecule has 3 heteroatoms. The summed E-state index contributed by atoms with van der Waals surface area (Å²) in [6.07, 6.45) is 4.76. The third kappa shape index (κ3) is 2.07. The van der Waals surface area contributed by atoms with E-state index in [1.807, 2.05) is 12.1 Å².